The lowest BCUT2D eigenvalue weighted by Gasteiger charge is -2.26. The van der Waals surface area contributed by atoms with Crippen LogP contribution in [0.1, 0.15) is 34.5 Å². The Morgan fingerprint density at radius 2 is 1.97 bits per heavy atom. The maximum absolute atomic E-state index is 12.9. The summed E-state index contributed by atoms with van der Waals surface area (Å²) in [4.78, 5) is 23.5. The van der Waals surface area contributed by atoms with Crippen LogP contribution in [0.5, 0.6) is 0 Å². The fourth-order valence-corrected chi connectivity index (χ4v) is 3.78. The number of amides is 1. The summed E-state index contributed by atoms with van der Waals surface area (Å²) < 4.78 is 5.41. The number of hydrogen-bond acceptors (Lipinski definition) is 6. The molecule has 8 heteroatoms. The first-order valence-corrected chi connectivity index (χ1v) is 11.0. The first-order valence-electron chi connectivity index (χ1n) is 10.6. The normalized spacial score (nSPS) is 15.2. The lowest BCUT2D eigenvalue weighted by molar-refractivity contribution is 0.0342. The third-order valence-corrected chi connectivity index (χ3v) is 5.50. The van der Waals surface area contributed by atoms with E-state index in [-0.39, 0.29) is 11.9 Å². The van der Waals surface area contributed by atoms with E-state index < -0.39 is 0 Å². The molecule has 1 saturated heterocycles. The van der Waals surface area contributed by atoms with Gasteiger partial charge in [-0.3, -0.25) is 14.7 Å². The van der Waals surface area contributed by atoms with Crippen molar-refractivity contribution in [2.45, 2.75) is 19.5 Å². The lowest BCUT2D eigenvalue weighted by atomic mass is 10.1. The van der Waals surface area contributed by atoms with Crippen LogP contribution in [0.15, 0.2) is 60.9 Å². The van der Waals surface area contributed by atoms with E-state index in [4.69, 9.17) is 16.3 Å². The number of nitrogens with one attached hydrogen (secondary N) is 2. The Labute approximate surface area is 192 Å². The molecule has 0 unspecified atom stereocenters. The van der Waals surface area contributed by atoms with Crippen molar-refractivity contribution in [1.29, 1.82) is 0 Å². The molecule has 32 heavy (non-hydrogen) atoms. The highest BCUT2D eigenvalue weighted by molar-refractivity contribution is 6.29. The summed E-state index contributed by atoms with van der Waals surface area (Å²) in [5, 5.41) is 6.61. The molecule has 2 heterocycles. The number of aromatic nitrogens is 2. The van der Waals surface area contributed by atoms with Crippen LogP contribution in [0, 0.1) is 0 Å². The van der Waals surface area contributed by atoms with Gasteiger partial charge in [-0.25, -0.2) is 4.98 Å². The second-order valence-corrected chi connectivity index (χ2v) is 8.15. The van der Waals surface area contributed by atoms with E-state index in [1.54, 1.807) is 6.20 Å². The van der Waals surface area contributed by atoms with Crippen LogP contribution in [0.3, 0.4) is 0 Å². The van der Waals surface area contributed by atoms with Gasteiger partial charge in [0.2, 0.25) is 0 Å². The molecule has 1 aliphatic rings. The smallest absolute Gasteiger partial charge is 0.255 e. The van der Waals surface area contributed by atoms with Crippen molar-refractivity contribution in [3.05, 3.63) is 82.8 Å². The number of anilines is 2. The Balaban J connectivity index is 1.40. The summed E-state index contributed by atoms with van der Waals surface area (Å²) in [6.07, 6.45) is 3.11. The van der Waals surface area contributed by atoms with E-state index in [0.717, 1.165) is 49.7 Å². The van der Waals surface area contributed by atoms with E-state index in [9.17, 15) is 4.79 Å². The number of benzene rings is 2. The minimum atomic E-state index is -0.132. The van der Waals surface area contributed by atoms with E-state index >= 15 is 0 Å². The lowest BCUT2D eigenvalue weighted by Crippen LogP contribution is -2.35. The van der Waals surface area contributed by atoms with Crippen molar-refractivity contribution in [3.63, 3.8) is 0 Å². The van der Waals surface area contributed by atoms with Crippen LogP contribution in [-0.2, 0) is 11.3 Å². The molecule has 1 aliphatic heterocycles. The molecule has 0 saturated carbocycles. The average molecular weight is 452 g/mol. The third kappa shape index (κ3) is 6.03. The topological polar surface area (TPSA) is 79.4 Å². The second-order valence-electron chi connectivity index (χ2n) is 7.76. The monoisotopic (exact) mass is 451 g/mol. The summed E-state index contributed by atoms with van der Waals surface area (Å²) in [5.41, 5.74) is 3.50. The van der Waals surface area contributed by atoms with Gasteiger partial charge in [0, 0.05) is 30.9 Å². The Morgan fingerprint density at radius 3 is 2.78 bits per heavy atom. The van der Waals surface area contributed by atoms with Gasteiger partial charge >= 0.3 is 0 Å². The summed E-state index contributed by atoms with van der Waals surface area (Å²) in [5.74, 6) is 0.462. The largest absolute Gasteiger partial charge is 0.379 e. The number of halogens is 1. The molecule has 0 aliphatic carbocycles. The molecule has 3 aromatic rings. The van der Waals surface area contributed by atoms with Crippen LogP contribution in [-0.4, -0.2) is 47.1 Å². The van der Waals surface area contributed by atoms with Crippen molar-refractivity contribution in [2.75, 3.05) is 36.9 Å². The van der Waals surface area contributed by atoms with Crippen molar-refractivity contribution in [2.24, 2.45) is 0 Å². The van der Waals surface area contributed by atoms with Crippen molar-refractivity contribution in [3.8, 4) is 0 Å². The SMILES string of the molecule is C[C@H](Nc1cncc(Cl)n1)c1cccc(NC(=O)c2cccc(CN3CCOCC3)c2)c1. The zero-order chi connectivity index (χ0) is 22.3. The van der Waals surface area contributed by atoms with Crippen LogP contribution in [0.4, 0.5) is 11.5 Å². The molecular weight excluding hydrogens is 426 g/mol. The third-order valence-electron chi connectivity index (χ3n) is 5.31. The molecule has 0 bridgehead atoms. The van der Waals surface area contributed by atoms with Crippen LogP contribution >= 0.6 is 11.6 Å². The van der Waals surface area contributed by atoms with E-state index in [1.807, 2.05) is 49.4 Å². The first-order chi connectivity index (χ1) is 15.6. The highest BCUT2D eigenvalue weighted by atomic mass is 35.5. The summed E-state index contributed by atoms with van der Waals surface area (Å²) in [6.45, 7) is 6.17. The van der Waals surface area contributed by atoms with Gasteiger partial charge in [-0.2, -0.15) is 0 Å². The van der Waals surface area contributed by atoms with Gasteiger partial charge in [-0.1, -0.05) is 35.9 Å². The highest BCUT2D eigenvalue weighted by Crippen LogP contribution is 2.22. The first kappa shape index (κ1) is 22.2. The minimum absolute atomic E-state index is 0.0449. The molecule has 1 aromatic heterocycles. The molecule has 2 N–H and O–H groups in total. The Bertz CT molecular complexity index is 1070. The van der Waals surface area contributed by atoms with E-state index in [2.05, 4.69) is 31.6 Å². The molecular formula is C24H26ClN5O2. The zero-order valence-corrected chi connectivity index (χ0v) is 18.7. The fraction of sp³-hybridized carbons (Fsp3) is 0.292. The molecule has 1 amide bonds. The molecule has 0 spiro atoms. The van der Waals surface area contributed by atoms with Crippen molar-refractivity contribution < 1.29 is 9.53 Å². The van der Waals surface area contributed by atoms with E-state index in [1.165, 1.54) is 6.20 Å². The fourth-order valence-electron chi connectivity index (χ4n) is 3.63. The van der Waals surface area contributed by atoms with Crippen molar-refractivity contribution >= 4 is 29.0 Å². The number of morpholine rings is 1. The van der Waals surface area contributed by atoms with E-state index in [0.29, 0.717) is 16.5 Å². The average Bonchev–Trinajstić information content (AvgIpc) is 2.80. The Morgan fingerprint density at radius 1 is 1.16 bits per heavy atom. The quantitative estimate of drug-likeness (QED) is 0.554. The molecule has 1 fully saturated rings. The molecule has 4 rings (SSSR count). The maximum Gasteiger partial charge on any atom is 0.255 e. The predicted octanol–water partition coefficient (Wildman–Crippen LogP) is 4.39. The Hall–Kier alpha value is -3.00. The summed E-state index contributed by atoms with van der Waals surface area (Å²) >= 11 is 5.91. The molecule has 0 radical (unpaired) electrons. The number of carbonyl (C=O) groups excluding carboxylic acids is 1. The molecule has 2 aromatic carbocycles. The van der Waals surface area contributed by atoms with Crippen molar-refractivity contribution in [1.82, 2.24) is 14.9 Å². The number of carbonyl (C=O) groups is 1. The van der Waals surface area contributed by atoms with Gasteiger partial charge in [0.05, 0.1) is 31.6 Å². The summed E-state index contributed by atoms with van der Waals surface area (Å²) in [7, 11) is 0. The van der Waals surface area contributed by atoms with Crippen LogP contribution < -0.4 is 10.6 Å². The number of nitrogens with zero attached hydrogens (tertiary/aromatic N) is 3. The van der Waals surface area contributed by atoms with Gasteiger partial charge in [-0.15, -0.1) is 0 Å². The van der Waals surface area contributed by atoms with Gasteiger partial charge in [-0.05, 0) is 42.3 Å². The summed E-state index contributed by atoms with van der Waals surface area (Å²) in [6, 6.07) is 15.5. The number of ether oxygens (including phenoxy) is 1. The predicted molar refractivity (Wildman–Crippen MR) is 126 cm³/mol. The molecule has 7 nitrogen and oxygen atoms in total. The Kier molecular flexibility index (Phi) is 7.32. The van der Waals surface area contributed by atoms with Gasteiger partial charge in [0.1, 0.15) is 11.0 Å². The standard InChI is InChI=1S/C24H26ClN5O2/c1-17(27-23-15-26-14-22(25)29-23)19-5-3-7-21(13-19)28-24(31)20-6-2-4-18(12-20)16-30-8-10-32-11-9-30/h2-7,12-15,17H,8-11,16H2,1H3,(H,27,29)(H,28,31)/t17-/m0/s1. The molecule has 1 atom stereocenters. The van der Waals surface area contributed by atoms with Crippen LogP contribution in [0.2, 0.25) is 5.15 Å². The number of rotatable bonds is 7. The van der Waals surface area contributed by atoms with Gasteiger partial charge < -0.3 is 15.4 Å². The van der Waals surface area contributed by atoms with Gasteiger partial charge in [0.15, 0.2) is 0 Å². The van der Waals surface area contributed by atoms with Crippen LogP contribution in [0.25, 0.3) is 0 Å². The van der Waals surface area contributed by atoms with Gasteiger partial charge in [0.25, 0.3) is 5.91 Å². The maximum atomic E-state index is 12.9. The number of hydrogen-bond donors (Lipinski definition) is 2. The minimum Gasteiger partial charge on any atom is -0.379 e. The second kappa shape index (κ2) is 10.5. The highest BCUT2D eigenvalue weighted by Gasteiger charge is 2.13. The molecule has 166 valence electrons. The zero-order valence-electron chi connectivity index (χ0n) is 17.9.